The van der Waals surface area contributed by atoms with Crippen LogP contribution >= 0.6 is 11.6 Å². The predicted molar refractivity (Wildman–Crippen MR) is 83.8 cm³/mol. The van der Waals surface area contributed by atoms with Crippen LogP contribution < -0.4 is 9.47 Å². The summed E-state index contributed by atoms with van der Waals surface area (Å²) >= 11 is 6.08. The van der Waals surface area contributed by atoms with E-state index in [-0.39, 0.29) is 5.78 Å². The minimum absolute atomic E-state index is 0.0711. The summed E-state index contributed by atoms with van der Waals surface area (Å²) in [6, 6.07) is 12.5. The topological polar surface area (TPSA) is 35.5 Å². The second-order valence-corrected chi connectivity index (χ2v) is 5.00. The zero-order valence-electron chi connectivity index (χ0n) is 12.1. The number of hydrogen-bond acceptors (Lipinski definition) is 3. The molecule has 21 heavy (non-hydrogen) atoms. The van der Waals surface area contributed by atoms with E-state index >= 15 is 0 Å². The lowest BCUT2D eigenvalue weighted by Crippen LogP contribution is -1.98. The van der Waals surface area contributed by atoms with Crippen molar-refractivity contribution in [1.82, 2.24) is 0 Å². The Bertz CT molecular complexity index is 638. The number of halogens is 1. The zero-order valence-corrected chi connectivity index (χ0v) is 12.8. The van der Waals surface area contributed by atoms with Crippen molar-refractivity contribution in [3.63, 3.8) is 0 Å². The van der Waals surface area contributed by atoms with Crippen LogP contribution in [0.4, 0.5) is 0 Å². The Morgan fingerprint density at radius 3 is 2.48 bits per heavy atom. The molecule has 110 valence electrons. The van der Waals surface area contributed by atoms with Gasteiger partial charge in [-0.15, -0.1) is 0 Å². The number of benzene rings is 2. The van der Waals surface area contributed by atoms with E-state index in [1.165, 1.54) is 6.92 Å². The maximum absolute atomic E-state index is 11.4. The van der Waals surface area contributed by atoms with Gasteiger partial charge in [-0.1, -0.05) is 30.7 Å². The fourth-order valence-electron chi connectivity index (χ4n) is 1.84. The van der Waals surface area contributed by atoms with Gasteiger partial charge in [0.2, 0.25) is 0 Å². The van der Waals surface area contributed by atoms with Crippen LogP contribution in [0, 0.1) is 0 Å². The van der Waals surface area contributed by atoms with Crippen molar-refractivity contribution in [2.75, 3.05) is 6.61 Å². The number of hydrogen-bond donors (Lipinski definition) is 0. The van der Waals surface area contributed by atoms with Gasteiger partial charge in [-0.25, -0.2) is 0 Å². The van der Waals surface area contributed by atoms with Crippen LogP contribution in [-0.4, -0.2) is 12.4 Å². The summed E-state index contributed by atoms with van der Waals surface area (Å²) in [6.45, 7) is 4.16. The first-order valence-electron chi connectivity index (χ1n) is 6.82. The molecule has 0 aliphatic heterocycles. The standard InChI is InChI=1S/C17H17ClO3/c1-3-10-20-16-6-4-5-7-17(16)21-13-8-9-14(12(2)19)15(18)11-13/h4-9,11H,3,10H2,1-2H3. The molecule has 0 heterocycles. The predicted octanol–water partition coefficient (Wildman–Crippen LogP) is 5.12. The highest BCUT2D eigenvalue weighted by molar-refractivity contribution is 6.34. The van der Waals surface area contributed by atoms with Gasteiger partial charge in [0, 0.05) is 11.6 Å². The molecule has 0 saturated carbocycles. The number of carbonyl (C=O) groups excluding carboxylic acids is 1. The van der Waals surface area contributed by atoms with E-state index in [1.54, 1.807) is 18.2 Å². The summed E-state index contributed by atoms with van der Waals surface area (Å²) in [5, 5.41) is 0.381. The largest absolute Gasteiger partial charge is 0.490 e. The van der Waals surface area contributed by atoms with Crippen molar-refractivity contribution in [2.24, 2.45) is 0 Å². The second-order valence-electron chi connectivity index (χ2n) is 4.60. The lowest BCUT2D eigenvalue weighted by molar-refractivity contribution is 0.101. The summed E-state index contributed by atoms with van der Waals surface area (Å²) in [5.74, 6) is 1.81. The fourth-order valence-corrected chi connectivity index (χ4v) is 2.14. The molecule has 2 aromatic rings. The van der Waals surface area contributed by atoms with Gasteiger partial charge in [0.25, 0.3) is 0 Å². The van der Waals surface area contributed by atoms with Gasteiger partial charge in [-0.05, 0) is 37.6 Å². The van der Waals surface area contributed by atoms with E-state index in [1.807, 2.05) is 31.2 Å². The molecule has 0 aliphatic carbocycles. The lowest BCUT2D eigenvalue weighted by atomic mass is 10.1. The molecule has 0 spiro atoms. The molecule has 2 aromatic carbocycles. The second kappa shape index (κ2) is 7.14. The van der Waals surface area contributed by atoms with E-state index in [0.29, 0.717) is 34.4 Å². The van der Waals surface area contributed by atoms with Crippen molar-refractivity contribution in [1.29, 1.82) is 0 Å². The maximum Gasteiger partial charge on any atom is 0.169 e. The Morgan fingerprint density at radius 2 is 1.86 bits per heavy atom. The van der Waals surface area contributed by atoms with Gasteiger partial charge >= 0.3 is 0 Å². The average molecular weight is 305 g/mol. The Balaban J connectivity index is 2.22. The van der Waals surface area contributed by atoms with Crippen LogP contribution in [0.15, 0.2) is 42.5 Å². The Kier molecular flexibility index (Phi) is 5.23. The minimum atomic E-state index is -0.0711. The Morgan fingerprint density at radius 1 is 1.14 bits per heavy atom. The van der Waals surface area contributed by atoms with Gasteiger partial charge in [-0.3, -0.25) is 4.79 Å². The van der Waals surface area contributed by atoms with Crippen LogP contribution in [0.2, 0.25) is 5.02 Å². The van der Waals surface area contributed by atoms with Crippen molar-refractivity contribution in [3.8, 4) is 17.2 Å². The van der Waals surface area contributed by atoms with Crippen molar-refractivity contribution >= 4 is 17.4 Å². The highest BCUT2D eigenvalue weighted by Crippen LogP contribution is 2.33. The fraction of sp³-hybridized carbons (Fsp3) is 0.235. The molecule has 0 radical (unpaired) electrons. The van der Waals surface area contributed by atoms with Gasteiger partial charge in [-0.2, -0.15) is 0 Å². The first-order valence-corrected chi connectivity index (χ1v) is 7.19. The molecule has 0 aromatic heterocycles. The van der Waals surface area contributed by atoms with E-state index in [9.17, 15) is 4.79 Å². The molecular weight excluding hydrogens is 288 g/mol. The zero-order chi connectivity index (χ0) is 15.2. The summed E-state index contributed by atoms with van der Waals surface area (Å²) in [7, 11) is 0. The van der Waals surface area contributed by atoms with Gasteiger partial charge < -0.3 is 9.47 Å². The average Bonchev–Trinajstić information content (AvgIpc) is 2.46. The molecule has 0 saturated heterocycles. The number of rotatable bonds is 6. The van der Waals surface area contributed by atoms with Gasteiger partial charge in [0.15, 0.2) is 17.3 Å². The maximum atomic E-state index is 11.4. The summed E-state index contributed by atoms with van der Waals surface area (Å²) in [5.41, 5.74) is 0.486. The molecule has 2 rings (SSSR count). The minimum Gasteiger partial charge on any atom is -0.490 e. The van der Waals surface area contributed by atoms with E-state index in [0.717, 1.165) is 6.42 Å². The molecule has 3 nitrogen and oxygen atoms in total. The first-order chi connectivity index (χ1) is 10.1. The molecule has 0 bridgehead atoms. The number of ether oxygens (including phenoxy) is 2. The van der Waals surface area contributed by atoms with E-state index in [2.05, 4.69) is 0 Å². The quantitative estimate of drug-likeness (QED) is 0.694. The molecule has 0 atom stereocenters. The number of carbonyl (C=O) groups is 1. The van der Waals surface area contributed by atoms with E-state index < -0.39 is 0 Å². The third-order valence-corrected chi connectivity index (χ3v) is 3.17. The highest BCUT2D eigenvalue weighted by atomic mass is 35.5. The van der Waals surface area contributed by atoms with Gasteiger partial charge in [0.1, 0.15) is 5.75 Å². The summed E-state index contributed by atoms with van der Waals surface area (Å²) in [4.78, 5) is 11.4. The lowest BCUT2D eigenvalue weighted by Gasteiger charge is -2.12. The third-order valence-electron chi connectivity index (χ3n) is 2.86. The van der Waals surface area contributed by atoms with Crippen LogP contribution in [0.1, 0.15) is 30.6 Å². The SMILES string of the molecule is CCCOc1ccccc1Oc1ccc(C(C)=O)c(Cl)c1. The summed E-state index contributed by atoms with van der Waals surface area (Å²) < 4.78 is 11.4. The van der Waals surface area contributed by atoms with E-state index in [4.69, 9.17) is 21.1 Å². The monoisotopic (exact) mass is 304 g/mol. The Hall–Kier alpha value is -2.00. The third kappa shape index (κ3) is 3.99. The van der Waals surface area contributed by atoms with Crippen LogP contribution in [0.5, 0.6) is 17.2 Å². The number of para-hydroxylation sites is 2. The molecular formula is C17H17ClO3. The normalized spacial score (nSPS) is 10.2. The van der Waals surface area contributed by atoms with Crippen molar-refractivity contribution < 1.29 is 14.3 Å². The smallest absolute Gasteiger partial charge is 0.169 e. The highest BCUT2D eigenvalue weighted by Gasteiger charge is 2.09. The first kappa shape index (κ1) is 15.4. The Labute approximate surface area is 129 Å². The van der Waals surface area contributed by atoms with Crippen molar-refractivity contribution in [2.45, 2.75) is 20.3 Å². The molecule has 4 heteroatoms. The van der Waals surface area contributed by atoms with Crippen LogP contribution in [0.25, 0.3) is 0 Å². The molecule has 0 unspecified atom stereocenters. The number of ketones is 1. The van der Waals surface area contributed by atoms with Gasteiger partial charge in [0.05, 0.1) is 11.6 Å². The molecule has 0 N–H and O–H groups in total. The van der Waals surface area contributed by atoms with Crippen LogP contribution in [-0.2, 0) is 0 Å². The molecule has 0 fully saturated rings. The van der Waals surface area contributed by atoms with Crippen molar-refractivity contribution in [3.05, 3.63) is 53.1 Å². The summed E-state index contributed by atoms with van der Waals surface area (Å²) in [6.07, 6.45) is 0.924. The molecule has 0 aliphatic rings. The van der Waals surface area contributed by atoms with Crippen LogP contribution in [0.3, 0.4) is 0 Å². The molecule has 0 amide bonds. The number of Topliss-reactive ketones (excluding diaryl/α,β-unsaturated/α-hetero) is 1.